The SMILES string of the molecule is CC1=C(C)C(C)C([Si])=C1C. The molecule has 0 fully saturated rings. The Labute approximate surface area is 66.4 Å². The molecule has 0 heterocycles. The van der Waals surface area contributed by atoms with Gasteiger partial charge < -0.3 is 0 Å². The van der Waals surface area contributed by atoms with E-state index < -0.39 is 0 Å². The minimum Gasteiger partial charge on any atom is -0.0786 e. The average Bonchev–Trinajstić information content (AvgIpc) is 2.07. The zero-order valence-corrected chi connectivity index (χ0v) is 8.08. The molecule has 10 heavy (non-hydrogen) atoms. The number of rotatable bonds is 0. The van der Waals surface area contributed by atoms with E-state index in [1.165, 1.54) is 21.9 Å². The molecule has 0 amide bonds. The van der Waals surface area contributed by atoms with Crippen molar-refractivity contribution in [2.45, 2.75) is 27.7 Å². The summed E-state index contributed by atoms with van der Waals surface area (Å²) in [5.74, 6) is 0.608. The monoisotopic (exact) mass is 149 g/mol. The Hall–Kier alpha value is -0.303. The summed E-state index contributed by atoms with van der Waals surface area (Å²) in [7, 11) is 3.64. The van der Waals surface area contributed by atoms with Crippen LogP contribution >= 0.6 is 0 Å². The van der Waals surface area contributed by atoms with E-state index >= 15 is 0 Å². The van der Waals surface area contributed by atoms with Crippen molar-refractivity contribution in [2.75, 3.05) is 0 Å². The zero-order chi connectivity index (χ0) is 7.89. The third-order valence-corrected chi connectivity index (χ3v) is 3.45. The van der Waals surface area contributed by atoms with Gasteiger partial charge in [0.2, 0.25) is 0 Å². The lowest BCUT2D eigenvalue weighted by molar-refractivity contribution is 0.857. The first-order valence-electron chi connectivity index (χ1n) is 3.65. The molecule has 1 atom stereocenters. The second kappa shape index (κ2) is 2.39. The summed E-state index contributed by atoms with van der Waals surface area (Å²) < 4.78 is 0. The summed E-state index contributed by atoms with van der Waals surface area (Å²) in [5, 5.41) is 1.36. The molecule has 1 unspecified atom stereocenters. The maximum Gasteiger partial charge on any atom is 0.0662 e. The van der Waals surface area contributed by atoms with Crippen LogP contribution in [0.1, 0.15) is 27.7 Å². The van der Waals surface area contributed by atoms with Gasteiger partial charge in [-0.15, -0.1) is 0 Å². The van der Waals surface area contributed by atoms with Crippen LogP contribution in [0.25, 0.3) is 0 Å². The van der Waals surface area contributed by atoms with Gasteiger partial charge in [0, 0.05) is 0 Å². The second-order valence-electron chi connectivity index (χ2n) is 3.07. The van der Waals surface area contributed by atoms with Gasteiger partial charge in [0.1, 0.15) is 0 Å². The molecule has 1 rings (SSSR count). The van der Waals surface area contributed by atoms with Gasteiger partial charge in [0.25, 0.3) is 0 Å². The number of hydrogen-bond donors (Lipinski definition) is 0. The molecule has 1 aliphatic rings. The Morgan fingerprint density at radius 2 is 1.60 bits per heavy atom. The summed E-state index contributed by atoms with van der Waals surface area (Å²) in [6.07, 6.45) is 0. The zero-order valence-electron chi connectivity index (χ0n) is 7.08. The molecule has 0 nitrogen and oxygen atoms in total. The highest BCUT2D eigenvalue weighted by atomic mass is 28.1. The van der Waals surface area contributed by atoms with Gasteiger partial charge in [-0.3, -0.25) is 0 Å². The predicted octanol–water partition coefficient (Wildman–Crippen LogP) is 2.42. The van der Waals surface area contributed by atoms with Gasteiger partial charge in [-0.1, -0.05) is 23.3 Å². The summed E-state index contributed by atoms with van der Waals surface area (Å²) in [5.41, 5.74) is 4.38. The fraction of sp³-hybridized carbons (Fsp3) is 0.556. The quantitative estimate of drug-likeness (QED) is 0.464. The highest BCUT2D eigenvalue weighted by Crippen LogP contribution is 2.34. The minimum atomic E-state index is 0.608. The Kier molecular flexibility index (Phi) is 1.86. The summed E-state index contributed by atoms with van der Waals surface area (Å²) >= 11 is 0. The summed E-state index contributed by atoms with van der Waals surface area (Å²) in [6.45, 7) is 8.80. The maximum absolute atomic E-state index is 3.64. The molecule has 0 bridgehead atoms. The van der Waals surface area contributed by atoms with E-state index in [0.717, 1.165) is 0 Å². The molecule has 0 aliphatic heterocycles. The van der Waals surface area contributed by atoms with Crippen LogP contribution in [-0.4, -0.2) is 10.2 Å². The molecule has 53 valence electrons. The Morgan fingerprint density at radius 1 is 1.10 bits per heavy atom. The van der Waals surface area contributed by atoms with Crippen molar-refractivity contribution in [3.05, 3.63) is 21.9 Å². The van der Waals surface area contributed by atoms with E-state index in [2.05, 4.69) is 37.9 Å². The van der Waals surface area contributed by atoms with Crippen molar-refractivity contribution in [1.29, 1.82) is 0 Å². The highest BCUT2D eigenvalue weighted by molar-refractivity contribution is 6.23. The van der Waals surface area contributed by atoms with Crippen molar-refractivity contribution in [3.8, 4) is 0 Å². The van der Waals surface area contributed by atoms with Crippen molar-refractivity contribution >= 4 is 10.2 Å². The first-order chi connectivity index (χ1) is 4.55. The molecule has 0 aromatic carbocycles. The largest absolute Gasteiger partial charge is 0.0786 e. The van der Waals surface area contributed by atoms with Crippen LogP contribution < -0.4 is 0 Å². The van der Waals surface area contributed by atoms with E-state index in [0.29, 0.717) is 5.92 Å². The molecule has 0 N–H and O–H groups in total. The molecule has 0 aromatic rings. The third-order valence-electron chi connectivity index (χ3n) is 2.64. The summed E-state index contributed by atoms with van der Waals surface area (Å²) in [4.78, 5) is 0. The van der Waals surface area contributed by atoms with Gasteiger partial charge in [-0.25, -0.2) is 0 Å². The van der Waals surface area contributed by atoms with Gasteiger partial charge in [-0.2, -0.15) is 0 Å². The predicted molar refractivity (Wildman–Crippen MR) is 46.0 cm³/mol. The normalized spacial score (nSPS) is 26.7. The molecule has 0 aromatic heterocycles. The highest BCUT2D eigenvalue weighted by Gasteiger charge is 2.19. The van der Waals surface area contributed by atoms with Crippen molar-refractivity contribution < 1.29 is 0 Å². The smallest absolute Gasteiger partial charge is 0.0662 e. The lowest BCUT2D eigenvalue weighted by atomic mass is 10.1. The van der Waals surface area contributed by atoms with Crippen LogP contribution in [0.3, 0.4) is 0 Å². The molecule has 1 heteroatoms. The Balaban J connectivity index is 3.09. The fourth-order valence-corrected chi connectivity index (χ4v) is 1.77. The average molecular weight is 149 g/mol. The van der Waals surface area contributed by atoms with Crippen molar-refractivity contribution in [3.63, 3.8) is 0 Å². The number of allylic oxidation sites excluding steroid dienone is 4. The molecule has 0 saturated heterocycles. The molecule has 0 spiro atoms. The van der Waals surface area contributed by atoms with Crippen LogP contribution in [0.2, 0.25) is 0 Å². The van der Waals surface area contributed by atoms with Gasteiger partial charge in [0.15, 0.2) is 0 Å². The first kappa shape index (κ1) is 7.80. The standard InChI is InChI=1S/C9H13Si/c1-5-6(2)8(4)9(10)7(5)3/h7H,1-4H3. The van der Waals surface area contributed by atoms with E-state index in [1.54, 1.807) is 0 Å². The van der Waals surface area contributed by atoms with E-state index in [1.807, 2.05) is 0 Å². The van der Waals surface area contributed by atoms with Gasteiger partial charge >= 0.3 is 0 Å². The maximum atomic E-state index is 3.64. The summed E-state index contributed by atoms with van der Waals surface area (Å²) in [6, 6.07) is 0. The van der Waals surface area contributed by atoms with Crippen molar-refractivity contribution in [1.82, 2.24) is 0 Å². The van der Waals surface area contributed by atoms with Crippen LogP contribution in [0.5, 0.6) is 0 Å². The van der Waals surface area contributed by atoms with Gasteiger partial charge in [-0.05, 0) is 32.3 Å². The number of hydrogen-bond acceptors (Lipinski definition) is 0. The Bertz CT molecular complexity index is 197. The van der Waals surface area contributed by atoms with Crippen LogP contribution in [-0.2, 0) is 0 Å². The lowest BCUT2D eigenvalue weighted by Gasteiger charge is -2.05. The van der Waals surface area contributed by atoms with Crippen LogP contribution in [0.15, 0.2) is 21.9 Å². The van der Waals surface area contributed by atoms with E-state index in [-0.39, 0.29) is 0 Å². The Morgan fingerprint density at radius 3 is 1.70 bits per heavy atom. The first-order valence-corrected chi connectivity index (χ1v) is 4.15. The van der Waals surface area contributed by atoms with Crippen molar-refractivity contribution in [2.24, 2.45) is 5.92 Å². The van der Waals surface area contributed by atoms with Crippen LogP contribution in [0.4, 0.5) is 0 Å². The van der Waals surface area contributed by atoms with Crippen LogP contribution in [0, 0.1) is 5.92 Å². The second-order valence-corrected chi connectivity index (χ2v) is 3.61. The fourth-order valence-electron chi connectivity index (χ4n) is 1.36. The third kappa shape index (κ3) is 0.890. The molecule has 0 saturated carbocycles. The van der Waals surface area contributed by atoms with Gasteiger partial charge in [0.05, 0.1) is 10.2 Å². The molecular weight excluding hydrogens is 136 g/mol. The molecule has 1 aliphatic carbocycles. The molecule has 3 radical (unpaired) electrons. The van der Waals surface area contributed by atoms with E-state index in [9.17, 15) is 0 Å². The topological polar surface area (TPSA) is 0 Å². The lowest BCUT2D eigenvalue weighted by Crippen LogP contribution is -1.95. The van der Waals surface area contributed by atoms with E-state index in [4.69, 9.17) is 0 Å². The molecular formula is C9H13Si. The minimum absolute atomic E-state index is 0.608.